The third-order valence-electron chi connectivity index (χ3n) is 3.42. The van der Waals surface area contributed by atoms with E-state index < -0.39 is 17.8 Å². The number of nitrogens with zero attached hydrogens (tertiary/aromatic N) is 1. The third kappa shape index (κ3) is 3.90. The maximum Gasteiger partial charge on any atom is 0.333 e. The fourth-order valence-electron chi connectivity index (χ4n) is 2.38. The molecule has 126 valence electrons. The minimum absolute atomic E-state index is 0.0386. The number of amides is 1. The zero-order valence-corrected chi connectivity index (χ0v) is 13.4. The normalized spacial score (nSPS) is 11.6. The summed E-state index contributed by atoms with van der Waals surface area (Å²) in [5, 5.41) is 9.42. The van der Waals surface area contributed by atoms with Gasteiger partial charge < -0.3 is 9.84 Å². The van der Waals surface area contributed by atoms with Gasteiger partial charge in [0, 0.05) is 12.6 Å². The highest BCUT2D eigenvalue weighted by atomic mass is 19.1. The molecular formula is C18H18FNO4. The summed E-state index contributed by atoms with van der Waals surface area (Å²) in [6.45, 7) is 3.14. The second-order valence-corrected chi connectivity index (χ2v) is 5.11. The fourth-order valence-corrected chi connectivity index (χ4v) is 2.38. The predicted octanol–water partition coefficient (Wildman–Crippen LogP) is 3.19. The Morgan fingerprint density at radius 1 is 1.12 bits per heavy atom. The van der Waals surface area contributed by atoms with E-state index in [4.69, 9.17) is 4.74 Å². The van der Waals surface area contributed by atoms with E-state index in [1.165, 1.54) is 60.4 Å². The number of carbonyl (C=O) groups is 2. The highest BCUT2D eigenvalue weighted by Crippen LogP contribution is 2.30. The van der Waals surface area contributed by atoms with Crippen molar-refractivity contribution in [1.82, 2.24) is 0 Å². The number of rotatable bonds is 5. The summed E-state index contributed by atoms with van der Waals surface area (Å²) in [6.07, 6.45) is 0. The summed E-state index contributed by atoms with van der Waals surface area (Å²) in [5.74, 6) is -1.41. The first-order valence-electron chi connectivity index (χ1n) is 7.45. The molecule has 2 aromatic carbocycles. The standard InChI is InChI=1S/C18H18FNO4/c1-3-24-18(23)17(13-4-6-14(19)7-5-13)20(12(2)21)15-8-10-16(22)11-9-15/h4-11,17,22H,3H2,1-2H3. The Balaban J connectivity index is 2.52. The molecular weight excluding hydrogens is 313 g/mol. The van der Waals surface area contributed by atoms with Crippen LogP contribution in [0.1, 0.15) is 25.5 Å². The minimum atomic E-state index is -1.05. The number of phenols is 1. The molecule has 2 rings (SSSR count). The lowest BCUT2D eigenvalue weighted by atomic mass is 10.0. The molecule has 0 aliphatic heterocycles. The van der Waals surface area contributed by atoms with Crippen molar-refractivity contribution in [1.29, 1.82) is 0 Å². The van der Waals surface area contributed by atoms with E-state index in [0.717, 1.165) is 0 Å². The number of esters is 1. The summed E-state index contributed by atoms with van der Waals surface area (Å²) >= 11 is 0. The van der Waals surface area contributed by atoms with Gasteiger partial charge in [-0.1, -0.05) is 12.1 Å². The minimum Gasteiger partial charge on any atom is -0.508 e. The molecule has 6 heteroatoms. The summed E-state index contributed by atoms with van der Waals surface area (Å²) in [6, 6.07) is 10.1. The van der Waals surface area contributed by atoms with Crippen molar-refractivity contribution in [3.8, 4) is 5.75 Å². The average Bonchev–Trinajstić information content (AvgIpc) is 2.54. The number of anilines is 1. The van der Waals surface area contributed by atoms with Crippen molar-refractivity contribution >= 4 is 17.6 Å². The van der Waals surface area contributed by atoms with Crippen molar-refractivity contribution in [3.63, 3.8) is 0 Å². The van der Waals surface area contributed by atoms with Gasteiger partial charge in [-0.05, 0) is 48.9 Å². The molecule has 1 unspecified atom stereocenters. The Bertz CT molecular complexity index is 713. The van der Waals surface area contributed by atoms with E-state index in [2.05, 4.69) is 0 Å². The SMILES string of the molecule is CCOC(=O)C(c1ccc(F)cc1)N(C(C)=O)c1ccc(O)cc1. The number of benzene rings is 2. The average molecular weight is 331 g/mol. The van der Waals surface area contributed by atoms with Crippen LogP contribution in [0.15, 0.2) is 48.5 Å². The second kappa shape index (κ2) is 7.59. The van der Waals surface area contributed by atoms with Gasteiger partial charge in [0.2, 0.25) is 5.91 Å². The van der Waals surface area contributed by atoms with Crippen LogP contribution in [-0.4, -0.2) is 23.6 Å². The topological polar surface area (TPSA) is 66.8 Å². The lowest BCUT2D eigenvalue weighted by Crippen LogP contribution is -2.38. The van der Waals surface area contributed by atoms with E-state index in [1.54, 1.807) is 6.92 Å². The van der Waals surface area contributed by atoms with Crippen LogP contribution in [0.2, 0.25) is 0 Å². The van der Waals surface area contributed by atoms with Gasteiger partial charge in [-0.3, -0.25) is 9.69 Å². The molecule has 5 nitrogen and oxygen atoms in total. The largest absolute Gasteiger partial charge is 0.508 e. The number of carbonyl (C=O) groups excluding carboxylic acids is 2. The molecule has 0 aromatic heterocycles. The van der Waals surface area contributed by atoms with Crippen LogP contribution in [0.4, 0.5) is 10.1 Å². The number of aromatic hydroxyl groups is 1. The van der Waals surface area contributed by atoms with Gasteiger partial charge in [0.05, 0.1) is 6.61 Å². The van der Waals surface area contributed by atoms with Crippen LogP contribution in [-0.2, 0) is 14.3 Å². The lowest BCUT2D eigenvalue weighted by molar-refractivity contribution is -0.146. The smallest absolute Gasteiger partial charge is 0.333 e. The summed E-state index contributed by atoms with van der Waals surface area (Å²) in [7, 11) is 0. The van der Waals surface area contributed by atoms with Gasteiger partial charge in [-0.15, -0.1) is 0 Å². The molecule has 0 radical (unpaired) electrons. The third-order valence-corrected chi connectivity index (χ3v) is 3.42. The predicted molar refractivity (Wildman–Crippen MR) is 87.0 cm³/mol. The quantitative estimate of drug-likeness (QED) is 0.855. The van der Waals surface area contributed by atoms with E-state index >= 15 is 0 Å². The molecule has 1 atom stereocenters. The molecule has 0 saturated heterocycles. The number of phenolic OH excluding ortho intramolecular Hbond substituents is 1. The first kappa shape index (κ1) is 17.5. The molecule has 0 bridgehead atoms. The van der Waals surface area contributed by atoms with E-state index in [-0.39, 0.29) is 18.3 Å². The van der Waals surface area contributed by atoms with Crippen LogP contribution in [0, 0.1) is 5.82 Å². The van der Waals surface area contributed by atoms with Crippen molar-refractivity contribution in [2.75, 3.05) is 11.5 Å². The van der Waals surface area contributed by atoms with Crippen LogP contribution < -0.4 is 4.90 Å². The molecule has 0 aliphatic rings. The molecule has 0 spiro atoms. The molecule has 0 aliphatic carbocycles. The number of ether oxygens (including phenoxy) is 1. The van der Waals surface area contributed by atoms with Crippen LogP contribution in [0.3, 0.4) is 0 Å². The van der Waals surface area contributed by atoms with Gasteiger partial charge in [-0.25, -0.2) is 9.18 Å². The number of hydrogen-bond acceptors (Lipinski definition) is 4. The molecule has 1 amide bonds. The Labute approximate surface area is 139 Å². The Kier molecular flexibility index (Phi) is 5.52. The molecule has 0 saturated carbocycles. The first-order valence-corrected chi connectivity index (χ1v) is 7.45. The van der Waals surface area contributed by atoms with E-state index in [9.17, 15) is 19.1 Å². The molecule has 24 heavy (non-hydrogen) atoms. The second-order valence-electron chi connectivity index (χ2n) is 5.11. The molecule has 2 aromatic rings. The molecule has 0 fully saturated rings. The monoisotopic (exact) mass is 331 g/mol. The van der Waals surface area contributed by atoms with Gasteiger partial charge in [-0.2, -0.15) is 0 Å². The van der Waals surface area contributed by atoms with Crippen molar-refractivity contribution in [3.05, 3.63) is 59.9 Å². The summed E-state index contributed by atoms with van der Waals surface area (Å²) in [4.78, 5) is 25.9. The number of halogens is 1. The van der Waals surface area contributed by atoms with Crippen LogP contribution >= 0.6 is 0 Å². The van der Waals surface area contributed by atoms with E-state index in [0.29, 0.717) is 11.3 Å². The Morgan fingerprint density at radius 2 is 1.71 bits per heavy atom. The summed E-state index contributed by atoms with van der Waals surface area (Å²) in [5.41, 5.74) is 0.848. The van der Waals surface area contributed by atoms with Gasteiger partial charge in [0.25, 0.3) is 0 Å². The maximum absolute atomic E-state index is 13.2. The van der Waals surface area contributed by atoms with Crippen LogP contribution in [0.25, 0.3) is 0 Å². The Morgan fingerprint density at radius 3 is 2.21 bits per heavy atom. The summed E-state index contributed by atoms with van der Waals surface area (Å²) < 4.78 is 18.3. The van der Waals surface area contributed by atoms with Gasteiger partial charge in [0.1, 0.15) is 11.6 Å². The van der Waals surface area contributed by atoms with E-state index in [1.807, 2.05) is 0 Å². The molecule has 1 N–H and O–H groups in total. The Hall–Kier alpha value is -2.89. The zero-order valence-electron chi connectivity index (χ0n) is 13.4. The highest BCUT2D eigenvalue weighted by Gasteiger charge is 2.32. The van der Waals surface area contributed by atoms with Crippen molar-refractivity contribution in [2.24, 2.45) is 0 Å². The van der Waals surface area contributed by atoms with Crippen molar-refractivity contribution < 1.29 is 23.8 Å². The van der Waals surface area contributed by atoms with Crippen LogP contribution in [0.5, 0.6) is 5.75 Å². The maximum atomic E-state index is 13.2. The lowest BCUT2D eigenvalue weighted by Gasteiger charge is -2.29. The first-order chi connectivity index (χ1) is 11.4. The molecule has 0 heterocycles. The number of hydrogen-bond donors (Lipinski definition) is 1. The highest BCUT2D eigenvalue weighted by molar-refractivity contribution is 5.98. The zero-order chi connectivity index (χ0) is 17.7. The van der Waals surface area contributed by atoms with Gasteiger partial charge in [0.15, 0.2) is 6.04 Å². The van der Waals surface area contributed by atoms with Gasteiger partial charge >= 0.3 is 5.97 Å². The van der Waals surface area contributed by atoms with Crippen molar-refractivity contribution in [2.45, 2.75) is 19.9 Å². The fraction of sp³-hybridized carbons (Fsp3) is 0.222.